The van der Waals surface area contributed by atoms with E-state index in [1.807, 2.05) is 24.3 Å². The molecule has 0 aliphatic carbocycles. The van der Waals surface area contributed by atoms with Crippen LogP contribution in [-0.4, -0.2) is 19.1 Å². The van der Waals surface area contributed by atoms with Crippen LogP contribution in [0.3, 0.4) is 0 Å². The second kappa shape index (κ2) is 5.55. The van der Waals surface area contributed by atoms with Gasteiger partial charge >= 0.3 is 0 Å². The van der Waals surface area contributed by atoms with Crippen molar-refractivity contribution in [1.29, 1.82) is 0 Å². The van der Waals surface area contributed by atoms with Gasteiger partial charge in [0.2, 0.25) is 0 Å². The van der Waals surface area contributed by atoms with E-state index in [0.29, 0.717) is 6.04 Å². The van der Waals surface area contributed by atoms with E-state index in [1.54, 1.807) is 0 Å². The van der Waals surface area contributed by atoms with E-state index in [1.165, 1.54) is 12.8 Å². The summed E-state index contributed by atoms with van der Waals surface area (Å²) in [5, 5.41) is 7.72. The van der Waals surface area contributed by atoms with Gasteiger partial charge in [-0.05, 0) is 50.9 Å². The molecule has 0 spiro atoms. The quantitative estimate of drug-likeness (QED) is 0.846. The summed E-state index contributed by atoms with van der Waals surface area (Å²) in [6.45, 7) is 4.53. The van der Waals surface area contributed by atoms with E-state index in [2.05, 4.69) is 17.6 Å². The first-order chi connectivity index (χ1) is 7.77. The zero-order valence-electron chi connectivity index (χ0n) is 9.67. The average molecular weight is 239 g/mol. The van der Waals surface area contributed by atoms with Crippen LogP contribution in [0, 0.1) is 5.92 Å². The van der Waals surface area contributed by atoms with Crippen molar-refractivity contribution in [3.8, 4) is 0 Å². The molecule has 1 unspecified atom stereocenters. The van der Waals surface area contributed by atoms with Gasteiger partial charge in [-0.3, -0.25) is 0 Å². The Morgan fingerprint density at radius 1 is 1.31 bits per heavy atom. The maximum atomic E-state index is 6.13. The summed E-state index contributed by atoms with van der Waals surface area (Å²) in [6.07, 6.45) is 2.50. The minimum absolute atomic E-state index is 0.488. The van der Waals surface area contributed by atoms with Gasteiger partial charge in [0.1, 0.15) is 0 Å². The Morgan fingerprint density at radius 3 is 2.69 bits per heavy atom. The lowest BCUT2D eigenvalue weighted by Gasteiger charge is -2.29. The molecule has 1 aliphatic rings. The molecule has 0 aromatic heterocycles. The van der Waals surface area contributed by atoms with Crippen LogP contribution in [0.5, 0.6) is 0 Å². The number of benzene rings is 1. The number of para-hydroxylation sites is 1. The fourth-order valence-electron chi connectivity index (χ4n) is 2.29. The molecule has 3 heteroatoms. The van der Waals surface area contributed by atoms with Crippen molar-refractivity contribution < 1.29 is 0 Å². The minimum atomic E-state index is 0.488. The Hall–Kier alpha value is -0.730. The SMILES string of the molecule is CC(Nc1ccccc1Cl)C1CCNCC1. The predicted molar refractivity (Wildman–Crippen MR) is 70.1 cm³/mol. The van der Waals surface area contributed by atoms with Crippen LogP contribution in [0.2, 0.25) is 5.02 Å². The highest BCUT2D eigenvalue weighted by atomic mass is 35.5. The monoisotopic (exact) mass is 238 g/mol. The normalized spacial score (nSPS) is 19.4. The number of hydrogen-bond donors (Lipinski definition) is 2. The van der Waals surface area contributed by atoms with Crippen LogP contribution in [0.15, 0.2) is 24.3 Å². The standard InChI is InChI=1S/C13H19ClN2/c1-10(11-6-8-15-9-7-11)16-13-5-3-2-4-12(13)14/h2-5,10-11,15-16H,6-9H2,1H3. The largest absolute Gasteiger partial charge is 0.381 e. The van der Waals surface area contributed by atoms with Gasteiger partial charge in [-0.15, -0.1) is 0 Å². The molecular weight excluding hydrogens is 220 g/mol. The van der Waals surface area contributed by atoms with Crippen LogP contribution < -0.4 is 10.6 Å². The maximum absolute atomic E-state index is 6.13. The van der Waals surface area contributed by atoms with Gasteiger partial charge in [0.25, 0.3) is 0 Å². The van der Waals surface area contributed by atoms with E-state index in [-0.39, 0.29) is 0 Å². The topological polar surface area (TPSA) is 24.1 Å². The predicted octanol–water partition coefficient (Wildman–Crippen LogP) is 3.14. The molecule has 1 aliphatic heterocycles. The maximum Gasteiger partial charge on any atom is 0.0637 e. The van der Waals surface area contributed by atoms with Crippen molar-refractivity contribution in [2.24, 2.45) is 5.92 Å². The van der Waals surface area contributed by atoms with Crippen LogP contribution >= 0.6 is 11.6 Å². The number of nitrogens with one attached hydrogen (secondary N) is 2. The molecule has 1 fully saturated rings. The third kappa shape index (κ3) is 2.89. The molecule has 2 nitrogen and oxygen atoms in total. The molecule has 0 bridgehead atoms. The average Bonchev–Trinajstić information content (AvgIpc) is 2.33. The first kappa shape index (κ1) is 11.7. The lowest BCUT2D eigenvalue weighted by atomic mass is 9.91. The third-order valence-electron chi connectivity index (χ3n) is 3.35. The zero-order chi connectivity index (χ0) is 11.4. The van der Waals surface area contributed by atoms with Gasteiger partial charge in [-0.25, -0.2) is 0 Å². The zero-order valence-corrected chi connectivity index (χ0v) is 10.4. The van der Waals surface area contributed by atoms with Crippen LogP contribution in [0.4, 0.5) is 5.69 Å². The summed E-state index contributed by atoms with van der Waals surface area (Å²) in [5.74, 6) is 0.748. The molecular formula is C13H19ClN2. The lowest BCUT2D eigenvalue weighted by molar-refractivity contribution is 0.343. The Labute approximate surface area is 102 Å². The Balaban J connectivity index is 1.96. The molecule has 1 atom stereocenters. The second-order valence-corrected chi connectivity index (χ2v) is 4.91. The minimum Gasteiger partial charge on any atom is -0.381 e. The highest BCUT2D eigenvalue weighted by molar-refractivity contribution is 6.33. The van der Waals surface area contributed by atoms with Crippen LogP contribution in [0.25, 0.3) is 0 Å². The van der Waals surface area contributed by atoms with Gasteiger partial charge in [0, 0.05) is 6.04 Å². The van der Waals surface area contributed by atoms with E-state index >= 15 is 0 Å². The van der Waals surface area contributed by atoms with E-state index in [0.717, 1.165) is 29.7 Å². The molecule has 1 aromatic carbocycles. The fraction of sp³-hybridized carbons (Fsp3) is 0.538. The summed E-state index contributed by atoms with van der Waals surface area (Å²) in [4.78, 5) is 0. The van der Waals surface area contributed by atoms with Crippen molar-refractivity contribution in [2.75, 3.05) is 18.4 Å². The smallest absolute Gasteiger partial charge is 0.0637 e. The molecule has 1 heterocycles. The van der Waals surface area contributed by atoms with Gasteiger partial charge in [0.05, 0.1) is 10.7 Å². The highest BCUT2D eigenvalue weighted by Crippen LogP contribution is 2.25. The number of piperidine rings is 1. The molecule has 0 amide bonds. The summed E-state index contributed by atoms with van der Waals surface area (Å²) in [5.41, 5.74) is 1.05. The summed E-state index contributed by atoms with van der Waals surface area (Å²) >= 11 is 6.13. The first-order valence-electron chi connectivity index (χ1n) is 5.99. The van der Waals surface area contributed by atoms with Gasteiger partial charge in [-0.1, -0.05) is 23.7 Å². The van der Waals surface area contributed by atoms with Gasteiger partial charge in [-0.2, -0.15) is 0 Å². The molecule has 0 saturated carbocycles. The van der Waals surface area contributed by atoms with E-state index < -0.39 is 0 Å². The van der Waals surface area contributed by atoms with E-state index in [9.17, 15) is 0 Å². The van der Waals surface area contributed by atoms with Crippen molar-refractivity contribution in [2.45, 2.75) is 25.8 Å². The Bertz CT molecular complexity index is 334. The molecule has 1 aromatic rings. The number of halogens is 1. The van der Waals surface area contributed by atoms with Crippen molar-refractivity contribution >= 4 is 17.3 Å². The Kier molecular flexibility index (Phi) is 4.08. The van der Waals surface area contributed by atoms with Crippen LogP contribution in [0.1, 0.15) is 19.8 Å². The van der Waals surface area contributed by atoms with Gasteiger partial charge < -0.3 is 10.6 Å². The summed E-state index contributed by atoms with van der Waals surface area (Å²) < 4.78 is 0. The first-order valence-corrected chi connectivity index (χ1v) is 6.37. The third-order valence-corrected chi connectivity index (χ3v) is 3.68. The summed E-state index contributed by atoms with van der Waals surface area (Å²) in [7, 11) is 0. The number of anilines is 1. The Morgan fingerprint density at radius 2 is 2.00 bits per heavy atom. The number of rotatable bonds is 3. The fourth-order valence-corrected chi connectivity index (χ4v) is 2.48. The molecule has 0 radical (unpaired) electrons. The van der Waals surface area contributed by atoms with Crippen molar-refractivity contribution in [1.82, 2.24) is 5.32 Å². The van der Waals surface area contributed by atoms with Crippen LogP contribution in [-0.2, 0) is 0 Å². The molecule has 1 saturated heterocycles. The highest BCUT2D eigenvalue weighted by Gasteiger charge is 2.19. The lowest BCUT2D eigenvalue weighted by Crippen LogP contribution is -2.36. The second-order valence-electron chi connectivity index (χ2n) is 4.50. The summed E-state index contributed by atoms with van der Waals surface area (Å²) in [6, 6.07) is 8.44. The number of hydrogen-bond acceptors (Lipinski definition) is 2. The molecule has 16 heavy (non-hydrogen) atoms. The molecule has 2 rings (SSSR count). The van der Waals surface area contributed by atoms with Crippen molar-refractivity contribution in [3.05, 3.63) is 29.3 Å². The molecule has 2 N–H and O–H groups in total. The van der Waals surface area contributed by atoms with Crippen molar-refractivity contribution in [3.63, 3.8) is 0 Å². The molecule has 88 valence electrons. The van der Waals surface area contributed by atoms with E-state index in [4.69, 9.17) is 11.6 Å². The van der Waals surface area contributed by atoms with Gasteiger partial charge in [0.15, 0.2) is 0 Å².